The van der Waals surface area contributed by atoms with Gasteiger partial charge in [-0.25, -0.2) is 9.98 Å². The number of allylic oxidation sites excluding steroid dienone is 1. The van der Waals surface area contributed by atoms with Crippen molar-refractivity contribution in [2.45, 2.75) is 0 Å². The third-order valence-electron chi connectivity index (χ3n) is 2.72. The third kappa shape index (κ3) is 1.58. The molecule has 0 fully saturated rings. The summed E-state index contributed by atoms with van der Waals surface area (Å²) in [6, 6.07) is 3.75. The van der Waals surface area contributed by atoms with E-state index in [2.05, 4.69) is 9.98 Å². The van der Waals surface area contributed by atoms with E-state index in [9.17, 15) is 5.11 Å². The minimum absolute atomic E-state index is 0.00163. The first kappa shape index (κ1) is 10.9. The van der Waals surface area contributed by atoms with Crippen LogP contribution in [0.3, 0.4) is 0 Å². The summed E-state index contributed by atoms with van der Waals surface area (Å²) in [6.45, 7) is 0. The second kappa shape index (κ2) is 3.92. The van der Waals surface area contributed by atoms with Crippen LogP contribution in [0.2, 0.25) is 0 Å². The van der Waals surface area contributed by atoms with Crippen LogP contribution < -0.4 is 0 Å². The standard InChI is InChI=1S/C12H9N3O2S/c1-15-11(16)9(17-12(15)18)5-7-6-14-10-8(7)3-2-4-13-10/h2-6,16H,1H3. The Morgan fingerprint density at radius 3 is 3.06 bits per heavy atom. The Morgan fingerprint density at radius 1 is 1.50 bits per heavy atom. The molecule has 0 saturated heterocycles. The van der Waals surface area contributed by atoms with Gasteiger partial charge in [0.15, 0.2) is 11.6 Å². The van der Waals surface area contributed by atoms with Crippen LogP contribution in [0.5, 0.6) is 5.88 Å². The molecule has 1 aliphatic heterocycles. The second-order valence-electron chi connectivity index (χ2n) is 3.85. The molecule has 0 spiro atoms. The van der Waals surface area contributed by atoms with Gasteiger partial charge < -0.3 is 9.52 Å². The zero-order valence-electron chi connectivity index (χ0n) is 9.49. The van der Waals surface area contributed by atoms with Gasteiger partial charge in [0, 0.05) is 30.6 Å². The molecule has 0 atom stereocenters. The highest BCUT2D eigenvalue weighted by Crippen LogP contribution is 2.32. The number of hydrogen-bond acceptors (Lipinski definition) is 5. The zero-order valence-corrected chi connectivity index (χ0v) is 10.3. The Morgan fingerprint density at radius 2 is 2.33 bits per heavy atom. The Labute approximate surface area is 108 Å². The molecular weight excluding hydrogens is 250 g/mol. The average Bonchev–Trinajstić information content (AvgIpc) is 2.89. The van der Waals surface area contributed by atoms with E-state index in [4.69, 9.17) is 16.6 Å². The van der Waals surface area contributed by atoms with E-state index >= 15 is 0 Å². The van der Waals surface area contributed by atoms with Crippen molar-refractivity contribution < 1.29 is 9.52 Å². The smallest absolute Gasteiger partial charge is 0.271 e. The summed E-state index contributed by atoms with van der Waals surface area (Å²) in [5.74, 6) is 0.983. The molecule has 0 bridgehead atoms. The number of rotatable bonds is 1. The molecule has 0 saturated carbocycles. The fourth-order valence-electron chi connectivity index (χ4n) is 1.74. The molecule has 18 heavy (non-hydrogen) atoms. The third-order valence-corrected chi connectivity index (χ3v) is 3.08. The molecule has 0 amide bonds. The maximum atomic E-state index is 9.82. The van der Waals surface area contributed by atoms with E-state index in [-0.39, 0.29) is 10.7 Å². The van der Waals surface area contributed by atoms with Gasteiger partial charge in [0.25, 0.3) is 4.84 Å². The molecular formula is C12H9N3O2S. The van der Waals surface area contributed by atoms with Crippen LogP contribution >= 0.6 is 12.2 Å². The topological polar surface area (TPSA) is 63.5 Å². The number of hydrogen-bond donors (Lipinski definition) is 1. The molecule has 90 valence electrons. The molecule has 3 heterocycles. The van der Waals surface area contributed by atoms with Crippen LogP contribution in [-0.4, -0.2) is 20.9 Å². The second-order valence-corrected chi connectivity index (χ2v) is 4.20. The predicted molar refractivity (Wildman–Crippen MR) is 70.4 cm³/mol. The van der Waals surface area contributed by atoms with Crippen LogP contribution in [0, 0.1) is 4.84 Å². The van der Waals surface area contributed by atoms with Crippen LogP contribution in [-0.2, 0) is 7.05 Å². The Balaban J connectivity index is 2.12. The highest BCUT2D eigenvalue weighted by molar-refractivity contribution is 7.71. The van der Waals surface area contributed by atoms with Gasteiger partial charge in [-0.2, -0.15) is 0 Å². The Bertz CT molecular complexity index is 740. The monoisotopic (exact) mass is 259 g/mol. The molecule has 5 nitrogen and oxygen atoms in total. The van der Waals surface area contributed by atoms with Crippen molar-refractivity contribution in [3.8, 4) is 5.88 Å². The van der Waals surface area contributed by atoms with Crippen molar-refractivity contribution >= 4 is 35.9 Å². The Hall–Kier alpha value is -2.21. The minimum atomic E-state index is -0.00163. The summed E-state index contributed by atoms with van der Waals surface area (Å²) < 4.78 is 6.69. The molecule has 0 radical (unpaired) electrons. The van der Waals surface area contributed by atoms with Crippen molar-refractivity contribution in [1.82, 2.24) is 9.55 Å². The van der Waals surface area contributed by atoms with Crippen molar-refractivity contribution in [2.75, 3.05) is 0 Å². The maximum absolute atomic E-state index is 9.82. The first-order valence-corrected chi connectivity index (χ1v) is 5.67. The SMILES string of the molecule is Cn1c(O)c(C=C2C=Nc3ncccc32)oc1=S. The summed E-state index contributed by atoms with van der Waals surface area (Å²) >= 11 is 4.94. The number of nitrogens with zero attached hydrogens (tertiary/aromatic N) is 3. The first-order chi connectivity index (χ1) is 8.66. The van der Waals surface area contributed by atoms with Gasteiger partial charge in [0.2, 0.25) is 5.88 Å². The number of fused-ring (bicyclic) bond motifs is 1. The van der Waals surface area contributed by atoms with E-state index in [0.29, 0.717) is 11.6 Å². The number of oxazole rings is 1. The van der Waals surface area contributed by atoms with E-state index in [1.165, 1.54) is 4.57 Å². The lowest BCUT2D eigenvalue weighted by Crippen LogP contribution is -1.85. The number of aromatic nitrogens is 2. The van der Waals surface area contributed by atoms with Crippen molar-refractivity contribution in [2.24, 2.45) is 12.0 Å². The summed E-state index contributed by atoms with van der Waals surface area (Å²) in [7, 11) is 1.64. The lowest BCUT2D eigenvalue weighted by molar-refractivity contribution is 0.428. The van der Waals surface area contributed by atoms with Crippen LogP contribution in [0.4, 0.5) is 5.82 Å². The highest BCUT2D eigenvalue weighted by Gasteiger charge is 2.15. The average molecular weight is 259 g/mol. The lowest BCUT2D eigenvalue weighted by Gasteiger charge is -1.97. The summed E-state index contributed by atoms with van der Waals surface area (Å²) in [6.07, 6.45) is 5.07. The van der Waals surface area contributed by atoms with Gasteiger partial charge in [0.05, 0.1) is 0 Å². The molecule has 3 rings (SSSR count). The van der Waals surface area contributed by atoms with Gasteiger partial charge >= 0.3 is 0 Å². The number of aromatic hydroxyl groups is 1. The van der Waals surface area contributed by atoms with Crippen LogP contribution in [0.15, 0.2) is 27.7 Å². The van der Waals surface area contributed by atoms with E-state index in [0.717, 1.165) is 11.1 Å². The van der Waals surface area contributed by atoms with Crippen molar-refractivity contribution in [3.63, 3.8) is 0 Å². The fraction of sp³-hybridized carbons (Fsp3) is 0.0833. The van der Waals surface area contributed by atoms with E-state index in [1.807, 2.05) is 12.1 Å². The largest absolute Gasteiger partial charge is 0.492 e. The fourth-order valence-corrected chi connectivity index (χ4v) is 1.91. The molecule has 0 aliphatic carbocycles. The van der Waals surface area contributed by atoms with Gasteiger partial charge in [-0.3, -0.25) is 4.57 Å². The number of aliphatic imine (C=N–C) groups is 1. The normalized spacial score (nSPS) is 15.3. The van der Waals surface area contributed by atoms with Gasteiger partial charge in [-0.1, -0.05) is 0 Å². The molecule has 1 N–H and O–H groups in total. The summed E-state index contributed by atoms with van der Waals surface area (Å²) in [4.78, 5) is 8.54. The zero-order chi connectivity index (χ0) is 12.7. The van der Waals surface area contributed by atoms with E-state index in [1.54, 1.807) is 25.5 Å². The molecule has 6 heteroatoms. The molecule has 0 aromatic carbocycles. The quantitative estimate of drug-likeness (QED) is 0.800. The number of pyridine rings is 1. The van der Waals surface area contributed by atoms with Crippen LogP contribution in [0.25, 0.3) is 11.6 Å². The Kier molecular flexibility index (Phi) is 2.38. The van der Waals surface area contributed by atoms with Gasteiger partial charge in [0.1, 0.15) is 0 Å². The highest BCUT2D eigenvalue weighted by atomic mass is 32.1. The minimum Gasteiger partial charge on any atom is -0.492 e. The molecule has 1 aliphatic rings. The van der Waals surface area contributed by atoms with E-state index < -0.39 is 0 Å². The lowest BCUT2D eigenvalue weighted by atomic mass is 10.1. The molecule has 0 unspecified atom stereocenters. The summed E-state index contributed by atoms with van der Waals surface area (Å²) in [5.41, 5.74) is 1.74. The van der Waals surface area contributed by atoms with Gasteiger partial charge in [-0.15, -0.1) is 0 Å². The maximum Gasteiger partial charge on any atom is 0.271 e. The molecule has 2 aromatic heterocycles. The summed E-state index contributed by atoms with van der Waals surface area (Å²) in [5, 5.41) is 9.82. The van der Waals surface area contributed by atoms with Crippen molar-refractivity contribution in [3.05, 3.63) is 34.5 Å². The van der Waals surface area contributed by atoms with Crippen LogP contribution in [0.1, 0.15) is 11.3 Å². The predicted octanol–water partition coefficient (Wildman–Crippen LogP) is 2.70. The van der Waals surface area contributed by atoms with Crippen molar-refractivity contribution in [1.29, 1.82) is 0 Å². The first-order valence-electron chi connectivity index (χ1n) is 5.27. The van der Waals surface area contributed by atoms with Gasteiger partial charge in [-0.05, 0) is 30.4 Å². The molecule has 2 aromatic rings.